The number of fused-ring (bicyclic) bond motifs is 2. The molecule has 0 unspecified atom stereocenters. The molecule has 0 fully saturated rings. The van der Waals surface area contributed by atoms with Crippen molar-refractivity contribution in [1.29, 1.82) is 0 Å². The fraction of sp³-hybridized carbons (Fsp3) is 0.500. The number of anilines is 1. The predicted molar refractivity (Wildman–Crippen MR) is 106 cm³/mol. The number of thiazole rings is 1. The van der Waals surface area contributed by atoms with Crippen LogP contribution in [0.15, 0.2) is 10.4 Å². The molecule has 4 N–H and O–H groups in total. The minimum Gasteiger partial charge on any atom is -0.383 e. The number of nitrogens with two attached hydrogens (primary N) is 1. The Balaban J connectivity index is 0.000000170. The van der Waals surface area contributed by atoms with Gasteiger partial charge in [0.15, 0.2) is 0 Å². The maximum atomic E-state index is 11.1. The van der Waals surface area contributed by atoms with Gasteiger partial charge in [-0.2, -0.15) is 0 Å². The number of carbonyl (C=O) groups is 1. The largest absolute Gasteiger partial charge is 0.383 e. The molecule has 0 atom stereocenters. The van der Waals surface area contributed by atoms with Gasteiger partial charge >= 0.3 is 6.03 Å². The van der Waals surface area contributed by atoms with E-state index in [0.29, 0.717) is 10.0 Å². The molecule has 2 aliphatic carbocycles. The van der Waals surface area contributed by atoms with Gasteiger partial charge in [0.05, 0.1) is 5.69 Å². The van der Waals surface area contributed by atoms with Crippen LogP contribution in [0.2, 0.25) is 0 Å². The fourth-order valence-electron chi connectivity index (χ4n) is 3.41. The molecule has 0 radical (unpaired) electrons. The lowest BCUT2D eigenvalue weighted by Gasteiger charge is -2.13. The Morgan fingerprint density at radius 1 is 1.19 bits per heavy atom. The van der Waals surface area contributed by atoms with Gasteiger partial charge in [0, 0.05) is 16.8 Å². The number of hydrogen-bond donors (Lipinski definition) is 4. The van der Waals surface area contributed by atoms with Crippen molar-refractivity contribution in [3.8, 4) is 0 Å². The normalized spacial score (nSPS) is 15.1. The Labute approximate surface area is 162 Å². The summed E-state index contributed by atoms with van der Waals surface area (Å²) in [4.78, 5) is 19.8. The zero-order valence-corrected chi connectivity index (χ0v) is 16.7. The molecular formula is C18H24N4O2S2. The van der Waals surface area contributed by atoms with Crippen molar-refractivity contribution in [1.82, 2.24) is 9.97 Å². The second-order valence-corrected chi connectivity index (χ2v) is 8.42. The Hall–Kier alpha value is -1.64. The van der Waals surface area contributed by atoms with Gasteiger partial charge in [0.1, 0.15) is 15.6 Å². The third-order valence-electron chi connectivity index (χ3n) is 4.51. The van der Waals surface area contributed by atoms with Crippen LogP contribution in [0.3, 0.4) is 0 Å². The number of primary amides is 1. The zero-order valence-electron chi connectivity index (χ0n) is 15.0. The van der Waals surface area contributed by atoms with Crippen LogP contribution in [0.1, 0.15) is 54.2 Å². The Morgan fingerprint density at radius 2 is 1.77 bits per heavy atom. The van der Waals surface area contributed by atoms with E-state index in [9.17, 15) is 9.90 Å². The van der Waals surface area contributed by atoms with E-state index in [0.717, 1.165) is 44.2 Å². The lowest BCUT2D eigenvalue weighted by Crippen LogP contribution is -2.21. The van der Waals surface area contributed by atoms with Crippen LogP contribution in [-0.4, -0.2) is 21.1 Å². The topological polar surface area (TPSA) is 101 Å². The Kier molecular flexibility index (Phi) is 5.55. The van der Waals surface area contributed by atoms with Gasteiger partial charge in [0.2, 0.25) is 0 Å². The number of rotatable bonds is 2. The van der Waals surface area contributed by atoms with E-state index >= 15 is 0 Å². The molecule has 4 rings (SSSR count). The number of hydrogen-bond acceptors (Lipinski definition) is 6. The van der Waals surface area contributed by atoms with Crippen LogP contribution in [0.25, 0.3) is 0 Å². The third-order valence-corrected chi connectivity index (χ3v) is 6.07. The van der Waals surface area contributed by atoms with Crippen LogP contribution in [0.5, 0.6) is 0 Å². The van der Waals surface area contributed by atoms with Crippen LogP contribution in [0, 0.1) is 0 Å². The van der Waals surface area contributed by atoms with E-state index in [1.54, 1.807) is 19.2 Å². The van der Waals surface area contributed by atoms with Crippen molar-refractivity contribution in [2.75, 3.05) is 5.32 Å². The van der Waals surface area contributed by atoms with E-state index in [2.05, 4.69) is 22.9 Å². The number of aliphatic hydroxyl groups is 1. The van der Waals surface area contributed by atoms with Crippen molar-refractivity contribution < 1.29 is 9.90 Å². The second kappa shape index (κ2) is 7.54. The van der Waals surface area contributed by atoms with E-state index in [1.165, 1.54) is 33.9 Å². The molecular weight excluding hydrogens is 368 g/mol. The molecule has 2 amide bonds. The van der Waals surface area contributed by atoms with Crippen LogP contribution < -0.4 is 11.1 Å². The molecule has 0 aromatic carbocycles. The highest BCUT2D eigenvalue weighted by atomic mass is 32.1. The van der Waals surface area contributed by atoms with Crippen molar-refractivity contribution in [3.05, 3.63) is 32.9 Å². The second-order valence-electron chi connectivity index (χ2n) is 7.10. The molecule has 0 aliphatic heterocycles. The summed E-state index contributed by atoms with van der Waals surface area (Å²) in [5.74, 6) is 0. The van der Waals surface area contributed by atoms with Crippen molar-refractivity contribution in [2.24, 2.45) is 5.73 Å². The predicted octanol–water partition coefficient (Wildman–Crippen LogP) is 3.21. The number of aromatic nitrogens is 2. The SMILES string of the molecule is CC(C)(O)c1nc(S)cs1.NC(=O)Nc1c2c(nc3c1CCC3)CCC2. The lowest BCUT2D eigenvalue weighted by atomic mass is 10.1. The smallest absolute Gasteiger partial charge is 0.316 e. The molecule has 0 spiro atoms. The molecule has 0 saturated carbocycles. The summed E-state index contributed by atoms with van der Waals surface area (Å²) in [7, 11) is 0. The molecule has 2 aromatic heterocycles. The summed E-state index contributed by atoms with van der Waals surface area (Å²) in [6.07, 6.45) is 6.39. The number of thiol groups is 1. The number of pyridine rings is 1. The molecule has 26 heavy (non-hydrogen) atoms. The maximum Gasteiger partial charge on any atom is 0.316 e. The highest BCUT2D eigenvalue weighted by molar-refractivity contribution is 7.80. The first-order valence-electron chi connectivity index (χ1n) is 8.73. The molecule has 0 saturated heterocycles. The third kappa shape index (κ3) is 4.19. The maximum absolute atomic E-state index is 11.1. The molecule has 140 valence electrons. The molecule has 6 nitrogen and oxygen atoms in total. The molecule has 2 heterocycles. The highest BCUT2D eigenvalue weighted by Gasteiger charge is 2.25. The van der Waals surface area contributed by atoms with Crippen LogP contribution in [-0.2, 0) is 31.3 Å². The summed E-state index contributed by atoms with van der Waals surface area (Å²) in [5.41, 5.74) is 10.2. The summed E-state index contributed by atoms with van der Waals surface area (Å²) < 4.78 is 0. The van der Waals surface area contributed by atoms with E-state index in [-0.39, 0.29) is 0 Å². The molecule has 2 aromatic rings. The first kappa shape index (κ1) is 19.1. The average molecular weight is 393 g/mol. The zero-order chi connectivity index (χ0) is 18.9. The van der Waals surface area contributed by atoms with Gasteiger partial charge in [-0.05, 0) is 63.5 Å². The lowest BCUT2D eigenvalue weighted by molar-refractivity contribution is 0.0778. The minimum absolute atomic E-state index is 0.464. The first-order chi connectivity index (χ1) is 12.3. The van der Waals surface area contributed by atoms with Gasteiger partial charge in [-0.1, -0.05) is 0 Å². The molecule has 8 heteroatoms. The number of aryl methyl sites for hydroxylation is 2. The Morgan fingerprint density at radius 3 is 2.15 bits per heavy atom. The summed E-state index contributed by atoms with van der Waals surface area (Å²) in [6, 6.07) is -0.464. The van der Waals surface area contributed by atoms with Crippen LogP contribution >= 0.6 is 24.0 Å². The summed E-state index contributed by atoms with van der Waals surface area (Å²) in [6.45, 7) is 3.41. The summed E-state index contributed by atoms with van der Waals surface area (Å²) >= 11 is 5.44. The fourth-order valence-corrected chi connectivity index (χ4v) is 4.44. The van der Waals surface area contributed by atoms with Gasteiger partial charge in [-0.3, -0.25) is 4.98 Å². The number of urea groups is 1. The van der Waals surface area contributed by atoms with Crippen LogP contribution in [0.4, 0.5) is 10.5 Å². The number of nitrogens with zero attached hydrogens (tertiary/aromatic N) is 2. The van der Waals surface area contributed by atoms with Gasteiger partial charge < -0.3 is 16.2 Å². The standard InChI is InChI=1S/C12H15N3O.C6H9NOS2/c13-12(16)15-11-7-3-1-5-9(7)14-10-6-2-4-8(10)11;1-6(2,8)5-7-4(9)3-10-5/h1-6H2,(H3,13,14,15,16);3,8-9H,1-2H3. The van der Waals surface area contributed by atoms with Crippen molar-refractivity contribution in [3.63, 3.8) is 0 Å². The van der Waals surface area contributed by atoms with E-state index in [4.69, 9.17) is 10.7 Å². The Bertz CT molecular complexity index is 795. The summed E-state index contributed by atoms with van der Waals surface area (Å²) in [5, 5.41) is 15.4. The minimum atomic E-state index is -0.828. The average Bonchev–Trinajstić information content (AvgIpc) is 3.25. The monoisotopic (exact) mass is 392 g/mol. The number of carbonyl (C=O) groups excluding carboxylic acids is 1. The van der Waals surface area contributed by atoms with Gasteiger partial charge in [0.25, 0.3) is 0 Å². The van der Waals surface area contributed by atoms with E-state index < -0.39 is 11.6 Å². The number of amides is 2. The van der Waals surface area contributed by atoms with Gasteiger partial charge in [-0.25, -0.2) is 9.78 Å². The first-order valence-corrected chi connectivity index (χ1v) is 10.1. The van der Waals surface area contributed by atoms with Gasteiger partial charge in [-0.15, -0.1) is 24.0 Å². The van der Waals surface area contributed by atoms with Crippen molar-refractivity contribution >= 4 is 35.7 Å². The number of nitrogens with one attached hydrogen (secondary N) is 1. The highest BCUT2D eigenvalue weighted by Crippen LogP contribution is 2.36. The van der Waals surface area contributed by atoms with Crippen molar-refractivity contribution in [2.45, 2.75) is 63.0 Å². The molecule has 0 bridgehead atoms. The quantitative estimate of drug-likeness (QED) is 0.590. The van der Waals surface area contributed by atoms with E-state index in [1.807, 2.05) is 0 Å². The molecule has 2 aliphatic rings.